The van der Waals surface area contributed by atoms with Gasteiger partial charge in [-0.2, -0.15) is 0 Å². The zero-order chi connectivity index (χ0) is 20.4. The second kappa shape index (κ2) is 7.87. The Morgan fingerprint density at radius 2 is 1.59 bits per heavy atom. The van der Waals surface area contributed by atoms with Crippen molar-refractivity contribution in [3.63, 3.8) is 0 Å². The van der Waals surface area contributed by atoms with Crippen molar-refractivity contribution in [2.24, 2.45) is 0 Å². The van der Waals surface area contributed by atoms with E-state index in [0.29, 0.717) is 37.1 Å². The quantitative estimate of drug-likeness (QED) is 0.549. The van der Waals surface area contributed by atoms with Crippen molar-refractivity contribution in [2.75, 3.05) is 26.2 Å². The molecule has 0 aliphatic carbocycles. The van der Waals surface area contributed by atoms with E-state index in [1.54, 1.807) is 35.2 Å². The lowest BCUT2D eigenvalue weighted by Gasteiger charge is -2.21. The summed E-state index contributed by atoms with van der Waals surface area (Å²) in [4.78, 5) is 44.2. The second-order valence-corrected chi connectivity index (χ2v) is 7.00. The van der Waals surface area contributed by atoms with Crippen molar-refractivity contribution in [2.45, 2.75) is 6.42 Å². The maximum atomic E-state index is 14.2. The highest BCUT2D eigenvalue weighted by molar-refractivity contribution is 6.44. The molecule has 0 unspecified atom stereocenters. The van der Waals surface area contributed by atoms with Crippen LogP contribution in [0.4, 0.5) is 4.39 Å². The fraction of sp³-hybridized carbons (Fsp3) is 0.227. The number of Topliss-reactive ketones (excluding diaryl/α,β-unsaturated/α-hetero) is 1. The molecular formula is C22H20FN3O3. The summed E-state index contributed by atoms with van der Waals surface area (Å²) < 4.78 is 14.2. The van der Waals surface area contributed by atoms with E-state index in [4.69, 9.17) is 0 Å². The fourth-order valence-corrected chi connectivity index (χ4v) is 3.67. The van der Waals surface area contributed by atoms with Gasteiger partial charge in [0.1, 0.15) is 5.82 Å². The van der Waals surface area contributed by atoms with Gasteiger partial charge in [-0.1, -0.05) is 24.3 Å². The number of benzene rings is 2. The van der Waals surface area contributed by atoms with Crippen molar-refractivity contribution >= 4 is 28.5 Å². The predicted octanol–water partition coefficient (Wildman–Crippen LogP) is 2.86. The Balaban J connectivity index is 1.48. The number of amides is 2. The Morgan fingerprint density at radius 3 is 2.38 bits per heavy atom. The van der Waals surface area contributed by atoms with Crippen LogP contribution in [0.25, 0.3) is 10.9 Å². The molecule has 0 radical (unpaired) electrons. The number of H-pyrrole nitrogens is 1. The monoisotopic (exact) mass is 393 g/mol. The number of nitrogens with zero attached hydrogens (tertiary/aromatic N) is 2. The molecule has 1 aliphatic heterocycles. The first-order chi connectivity index (χ1) is 14.1. The largest absolute Gasteiger partial charge is 0.360 e. The van der Waals surface area contributed by atoms with Crippen LogP contribution in [0.1, 0.15) is 27.1 Å². The van der Waals surface area contributed by atoms with Crippen molar-refractivity contribution in [1.82, 2.24) is 14.8 Å². The molecule has 3 aromatic rings. The van der Waals surface area contributed by atoms with Gasteiger partial charge in [0, 0.05) is 48.8 Å². The number of aromatic amines is 1. The van der Waals surface area contributed by atoms with Gasteiger partial charge in [-0.3, -0.25) is 14.4 Å². The zero-order valence-corrected chi connectivity index (χ0v) is 15.7. The molecule has 1 fully saturated rings. The molecular weight excluding hydrogens is 373 g/mol. The average Bonchev–Trinajstić information content (AvgIpc) is 3.04. The first-order valence-electron chi connectivity index (χ1n) is 9.50. The summed E-state index contributed by atoms with van der Waals surface area (Å²) in [6, 6.07) is 13.4. The number of hydrogen-bond donors (Lipinski definition) is 1. The molecule has 4 rings (SSSR count). The number of nitrogens with one attached hydrogen (secondary N) is 1. The molecule has 2 amide bonds. The fourth-order valence-electron chi connectivity index (χ4n) is 3.67. The third-order valence-electron chi connectivity index (χ3n) is 5.18. The highest BCUT2D eigenvalue weighted by Gasteiger charge is 2.29. The third-order valence-corrected chi connectivity index (χ3v) is 5.18. The van der Waals surface area contributed by atoms with Crippen LogP contribution in [0.2, 0.25) is 0 Å². The number of carbonyl (C=O) groups excluding carboxylic acids is 3. The summed E-state index contributed by atoms with van der Waals surface area (Å²) in [6.07, 6.45) is 1.94. The van der Waals surface area contributed by atoms with E-state index >= 15 is 0 Å². The topological polar surface area (TPSA) is 73.5 Å². The first kappa shape index (κ1) is 18.9. The molecule has 0 saturated carbocycles. The lowest BCUT2D eigenvalue weighted by Crippen LogP contribution is -2.40. The lowest BCUT2D eigenvalue weighted by atomic mass is 10.1. The van der Waals surface area contributed by atoms with E-state index in [1.165, 1.54) is 23.2 Å². The van der Waals surface area contributed by atoms with E-state index in [-0.39, 0.29) is 23.4 Å². The summed E-state index contributed by atoms with van der Waals surface area (Å²) in [5.74, 6) is -2.06. The number of hydrogen-bond acceptors (Lipinski definition) is 3. The minimum Gasteiger partial charge on any atom is -0.360 e. The average molecular weight is 393 g/mol. The highest BCUT2D eigenvalue weighted by atomic mass is 19.1. The molecule has 0 spiro atoms. The van der Waals surface area contributed by atoms with Crippen molar-refractivity contribution in [1.29, 1.82) is 0 Å². The number of fused-ring (bicyclic) bond motifs is 1. The normalized spacial score (nSPS) is 14.7. The smallest absolute Gasteiger partial charge is 0.295 e. The van der Waals surface area contributed by atoms with Crippen LogP contribution in [0.15, 0.2) is 54.7 Å². The molecule has 1 saturated heterocycles. The van der Waals surface area contributed by atoms with Crippen LogP contribution in [-0.4, -0.2) is 58.6 Å². The standard InChI is InChI=1S/C22H20FN3O3/c23-17-8-4-9-18-19(17)16(14-24-18)20(27)22(29)26-11-5-10-25(12-13-26)21(28)15-6-2-1-3-7-15/h1-4,6-9,14,24H,5,10-13H2. The van der Waals surface area contributed by atoms with E-state index in [2.05, 4.69) is 4.98 Å². The van der Waals surface area contributed by atoms with Crippen molar-refractivity contribution in [3.05, 3.63) is 71.7 Å². The molecule has 2 heterocycles. The minimum atomic E-state index is -0.746. The van der Waals surface area contributed by atoms with Crippen LogP contribution in [-0.2, 0) is 4.79 Å². The minimum absolute atomic E-state index is 0.0320. The molecule has 0 atom stereocenters. The molecule has 1 aromatic heterocycles. The molecule has 2 aromatic carbocycles. The van der Waals surface area contributed by atoms with Gasteiger partial charge in [0.2, 0.25) is 0 Å². The molecule has 148 valence electrons. The van der Waals surface area contributed by atoms with Gasteiger partial charge in [0.25, 0.3) is 17.6 Å². The van der Waals surface area contributed by atoms with E-state index < -0.39 is 17.5 Å². The molecule has 29 heavy (non-hydrogen) atoms. The molecule has 6 nitrogen and oxygen atoms in total. The number of ketones is 1. The van der Waals surface area contributed by atoms with Gasteiger partial charge < -0.3 is 14.8 Å². The van der Waals surface area contributed by atoms with Gasteiger partial charge >= 0.3 is 0 Å². The number of rotatable bonds is 3. The Hall–Kier alpha value is -3.48. The Kier molecular flexibility index (Phi) is 5.12. The Labute approximate surface area is 166 Å². The summed E-state index contributed by atoms with van der Waals surface area (Å²) in [7, 11) is 0. The van der Waals surface area contributed by atoms with Crippen LogP contribution >= 0.6 is 0 Å². The second-order valence-electron chi connectivity index (χ2n) is 7.00. The lowest BCUT2D eigenvalue weighted by molar-refractivity contribution is -0.126. The highest BCUT2D eigenvalue weighted by Crippen LogP contribution is 2.22. The molecule has 7 heteroatoms. The van der Waals surface area contributed by atoms with Gasteiger partial charge in [-0.15, -0.1) is 0 Å². The molecule has 1 N–H and O–H groups in total. The van der Waals surface area contributed by atoms with Gasteiger partial charge in [-0.25, -0.2) is 4.39 Å². The zero-order valence-electron chi connectivity index (χ0n) is 15.7. The van der Waals surface area contributed by atoms with E-state index in [0.717, 1.165) is 0 Å². The maximum absolute atomic E-state index is 14.2. The van der Waals surface area contributed by atoms with Gasteiger partial charge in [-0.05, 0) is 30.7 Å². The Bertz CT molecular complexity index is 1080. The van der Waals surface area contributed by atoms with Gasteiger partial charge in [0.15, 0.2) is 0 Å². The van der Waals surface area contributed by atoms with Crippen LogP contribution < -0.4 is 0 Å². The number of carbonyl (C=O) groups is 3. The van der Waals surface area contributed by atoms with Crippen molar-refractivity contribution < 1.29 is 18.8 Å². The number of halogens is 1. The van der Waals surface area contributed by atoms with Crippen LogP contribution in [0, 0.1) is 5.82 Å². The van der Waals surface area contributed by atoms with E-state index in [9.17, 15) is 18.8 Å². The van der Waals surface area contributed by atoms with Crippen LogP contribution in [0.3, 0.4) is 0 Å². The summed E-state index contributed by atoms with van der Waals surface area (Å²) in [5, 5.41) is 0.126. The number of aromatic nitrogens is 1. The van der Waals surface area contributed by atoms with Crippen molar-refractivity contribution in [3.8, 4) is 0 Å². The van der Waals surface area contributed by atoms with Gasteiger partial charge in [0.05, 0.1) is 5.56 Å². The molecule has 0 bridgehead atoms. The Morgan fingerprint density at radius 1 is 0.862 bits per heavy atom. The third kappa shape index (κ3) is 3.63. The summed E-state index contributed by atoms with van der Waals surface area (Å²) >= 11 is 0. The van der Waals surface area contributed by atoms with Crippen LogP contribution in [0.5, 0.6) is 0 Å². The molecule has 1 aliphatic rings. The first-order valence-corrected chi connectivity index (χ1v) is 9.50. The van der Waals surface area contributed by atoms with E-state index in [1.807, 2.05) is 6.07 Å². The summed E-state index contributed by atoms with van der Waals surface area (Å²) in [6.45, 7) is 1.48. The maximum Gasteiger partial charge on any atom is 0.295 e. The summed E-state index contributed by atoms with van der Waals surface area (Å²) in [5.41, 5.74) is 1.10. The SMILES string of the molecule is O=C(C(=O)N1CCCN(C(=O)c2ccccc2)CC1)c1c[nH]c2cccc(F)c12. The predicted molar refractivity (Wildman–Crippen MR) is 106 cm³/mol.